The Morgan fingerprint density at radius 1 is 1.50 bits per heavy atom. The second-order valence-electron chi connectivity index (χ2n) is 0.428. The molecule has 1 N–H and O–H groups in total. The van der Waals surface area contributed by atoms with Gasteiger partial charge in [-0.3, -0.25) is 4.55 Å². The molecule has 40 valence electrons. The second-order valence-corrected chi connectivity index (χ2v) is 1.28. The molecular weight excluding hydrogens is 108 g/mol. The molecule has 0 aromatic carbocycles. The lowest BCUT2D eigenvalue weighted by Crippen LogP contribution is -1.90. The third-order valence-electron chi connectivity index (χ3n) is 0. The Kier molecular flexibility index (Phi) is 3.28. The summed E-state index contributed by atoms with van der Waals surface area (Å²) in [4.78, 5) is 0. The zero-order valence-electron chi connectivity index (χ0n) is 2.08. The van der Waals surface area contributed by atoms with Crippen LogP contribution in [0.15, 0.2) is 0 Å². The van der Waals surface area contributed by atoms with Crippen LogP contribution < -0.4 is 0 Å². The fraction of sp³-hybridized carbons (Fsp3) is 1.00. The standard InChI is InChI=1S/CH4.H2O4S/c;1-5(2,3)4/h1H4;(H2,1,2,3,4)/p-1. The minimum absolute atomic E-state index is 0. The molecule has 0 fully saturated rings. The Balaban J connectivity index is 0. The van der Waals surface area contributed by atoms with Crippen molar-refractivity contribution in [1.29, 1.82) is 0 Å². The fourth-order valence-corrected chi connectivity index (χ4v) is 0. The predicted molar refractivity (Wildman–Crippen MR) is 19.1 cm³/mol. The molecule has 0 amide bonds. The second kappa shape index (κ2) is 2.12. The monoisotopic (exact) mass is 113 g/mol. The van der Waals surface area contributed by atoms with E-state index in [9.17, 15) is 0 Å². The van der Waals surface area contributed by atoms with E-state index >= 15 is 0 Å². The van der Waals surface area contributed by atoms with E-state index in [0.717, 1.165) is 0 Å². The van der Waals surface area contributed by atoms with Crippen LogP contribution in [0.5, 0.6) is 0 Å². The van der Waals surface area contributed by atoms with Crippen molar-refractivity contribution in [3.8, 4) is 0 Å². The van der Waals surface area contributed by atoms with Crippen LogP contribution in [0, 0.1) is 0 Å². The van der Waals surface area contributed by atoms with E-state index in [0.29, 0.717) is 0 Å². The van der Waals surface area contributed by atoms with Gasteiger partial charge in [0.15, 0.2) is 0 Å². The van der Waals surface area contributed by atoms with Gasteiger partial charge in [-0.1, -0.05) is 7.43 Å². The zero-order chi connectivity index (χ0) is 4.50. The third-order valence-corrected chi connectivity index (χ3v) is 0. The van der Waals surface area contributed by atoms with E-state index in [1.165, 1.54) is 0 Å². The van der Waals surface area contributed by atoms with E-state index in [1.54, 1.807) is 0 Å². The van der Waals surface area contributed by atoms with E-state index in [1.807, 2.05) is 0 Å². The van der Waals surface area contributed by atoms with Gasteiger partial charge in [-0.15, -0.1) is 0 Å². The van der Waals surface area contributed by atoms with Crippen molar-refractivity contribution < 1.29 is 17.5 Å². The molecular formula is CH5O4S-. The van der Waals surface area contributed by atoms with Gasteiger partial charge in [0.05, 0.1) is 0 Å². The summed E-state index contributed by atoms with van der Waals surface area (Å²) in [7, 11) is -4.92. The molecule has 0 saturated carbocycles. The molecule has 0 rings (SSSR count). The van der Waals surface area contributed by atoms with Crippen LogP contribution in [-0.2, 0) is 10.4 Å². The van der Waals surface area contributed by atoms with Crippen LogP contribution in [0.1, 0.15) is 7.43 Å². The van der Waals surface area contributed by atoms with Crippen molar-refractivity contribution in [2.45, 2.75) is 7.43 Å². The van der Waals surface area contributed by atoms with Crippen molar-refractivity contribution in [2.75, 3.05) is 0 Å². The Labute approximate surface area is 36.4 Å². The lowest BCUT2D eigenvalue weighted by Gasteiger charge is -1.88. The summed E-state index contributed by atoms with van der Waals surface area (Å²) in [6, 6.07) is 0. The molecule has 0 heterocycles. The number of hydrogen-bond acceptors (Lipinski definition) is 3. The highest BCUT2D eigenvalue weighted by Crippen LogP contribution is 1.58. The summed E-state index contributed by atoms with van der Waals surface area (Å²) in [6.07, 6.45) is 0. The van der Waals surface area contributed by atoms with Crippen molar-refractivity contribution in [1.82, 2.24) is 0 Å². The van der Waals surface area contributed by atoms with Crippen molar-refractivity contribution in [3.05, 3.63) is 0 Å². The molecule has 5 heteroatoms. The summed E-state index contributed by atoms with van der Waals surface area (Å²) >= 11 is 0. The minimum atomic E-state index is -4.92. The topological polar surface area (TPSA) is 77.4 Å². The molecule has 0 aromatic rings. The van der Waals surface area contributed by atoms with Gasteiger partial charge in [0.25, 0.3) is 0 Å². The first-order chi connectivity index (χ1) is 2.00. The SMILES string of the molecule is C.O=S(=O)([O-])O. The molecule has 0 unspecified atom stereocenters. The maximum atomic E-state index is 8.63. The summed E-state index contributed by atoms with van der Waals surface area (Å²) in [5, 5.41) is 0. The average molecular weight is 113 g/mol. The molecule has 0 bridgehead atoms. The van der Waals surface area contributed by atoms with E-state index in [4.69, 9.17) is 17.5 Å². The normalized spacial score (nSPS) is 9.67. The molecule has 0 atom stereocenters. The van der Waals surface area contributed by atoms with Gasteiger partial charge in [-0.05, 0) is 0 Å². The van der Waals surface area contributed by atoms with Gasteiger partial charge in [0.2, 0.25) is 10.4 Å². The maximum Gasteiger partial charge on any atom is 0.215 e. The van der Waals surface area contributed by atoms with Crippen molar-refractivity contribution in [2.24, 2.45) is 0 Å². The highest BCUT2D eigenvalue weighted by molar-refractivity contribution is 7.79. The Morgan fingerprint density at radius 2 is 1.50 bits per heavy atom. The Bertz CT molecular complexity index is 90.7. The first-order valence-electron chi connectivity index (χ1n) is 0.683. The van der Waals surface area contributed by atoms with Crippen LogP contribution in [0.4, 0.5) is 0 Å². The van der Waals surface area contributed by atoms with Crippen molar-refractivity contribution >= 4 is 10.4 Å². The molecule has 0 aromatic heterocycles. The summed E-state index contributed by atoms with van der Waals surface area (Å²) in [5.41, 5.74) is 0. The number of rotatable bonds is 0. The van der Waals surface area contributed by atoms with E-state index in [2.05, 4.69) is 0 Å². The first-order valence-corrected chi connectivity index (χ1v) is 2.05. The molecule has 0 aliphatic rings. The average Bonchev–Trinajstić information content (AvgIpc) is 0.722. The third kappa shape index (κ3) is 1890. The highest BCUT2D eigenvalue weighted by atomic mass is 32.3. The summed E-state index contributed by atoms with van der Waals surface area (Å²) in [6.45, 7) is 0. The van der Waals surface area contributed by atoms with Crippen LogP contribution in [0.3, 0.4) is 0 Å². The van der Waals surface area contributed by atoms with Crippen LogP contribution >= 0.6 is 0 Å². The largest absolute Gasteiger partial charge is 0.726 e. The molecule has 0 radical (unpaired) electrons. The van der Waals surface area contributed by atoms with Crippen LogP contribution in [0.25, 0.3) is 0 Å². The lowest BCUT2D eigenvalue weighted by atomic mass is 12.0. The predicted octanol–water partition coefficient (Wildman–Crippen LogP) is -0.359. The molecule has 0 aliphatic carbocycles. The zero-order valence-corrected chi connectivity index (χ0v) is 2.90. The van der Waals surface area contributed by atoms with Gasteiger partial charge < -0.3 is 4.55 Å². The first kappa shape index (κ1) is 9.30. The molecule has 0 saturated heterocycles. The molecule has 6 heavy (non-hydrogen) atoms. The Hall–Kier alpha value is -0.130. The van der Waals surface area contributed by atoms with Gasteiger partial charge in [0.1, 0.15) is 0 Å². The van der Waals surface area contributed by atoms with E-state index < -0.39 is 10.4 Å². The van der Waals surface area contributed by atoms with Gasteiger partial charge in [-0.2, -0.15) is 0 Å². The lowest BCUT2D eigenvalue weighted by molar-refractivity contribution is 0.366. The Morgan fingerprint density at radius 3 is 1.50 bits per heavy atom. The molecule has 0 spiro atoms. The maximum absolute atomic E-state index is 8.63. The quantitative estimate of drug-likeness (QED) is 0.343. The molecule has 0 aliphatic heterocycles. The fourth-order valence-electron chi connectivity index (χ4n) is 0. The highest BCUT2D eigenvalue weighted by Gasteiger charge is 1.67. The minimum Gasteiger partial charge on any atom is -0.726 e. The molecule has 4 nitrogen and oxygen atoms in total. The van der Waals surface area contributed by atoms with E-state index in [-0.39, 0.29) is 7.43 Å². The van der Waals surface area contributed by atoms with Crippen LogP contribution in [-0.4, -0.2) is 17.5 Å². The number of hydrogen-bond donors (Lipinski definition) is 1. The van der Waals surface area contributed by atoms with Gasteiger partial charge in [-0.25, -0.2) is 8.42 Å². The van der Waals surface area contributed by atoms with Gasteiger partial charge in [0, 0.05) is 0 Å². The smallest absolute Gasteiger partial charge is 0.215 e. The van der Waals surface area contributed by atoms with Crippen LogP contribution in [0.2, 0.25) is 0 Å². The van der Waals surface area contributed by atoms with Gasteiger partial charge >= 0.3 is 0 Å². The van der Waals surface area contributed by atoms with Crippen molar-refractivity contribution in [3.63, 3.8) is 0 Å². The summed E-state index contributed by atoms with van der Waals surface area (Å²) in [5.74, 6) is 0. The summed E-state index contributed by atoms with van der Waals surface area (Å²) < 4.78 is 32.8.